The average Bonchev–Trinajstić information content (AvgIpc) is 3.04. The minimum Gasteiger partial charge on any atom is -0.484 e. The average molecular weight is 405 g/mol. The Bertz CT molecular complexity index is 789. The van der Waals surface area contributed by atoms with E-state index in [1.807, 2.05) is 29.2 Å². The predicted octanol–water partition coefficient (Wildman–Crippen LogP) is 2.59. The van der Waals surface area contributed by atoms with Gasteiger partial charge in [-0.25, -0.2) is 0 Å². The maximum absolute atomic E-state index is 11.3. The number of nitrogens with two attached hydrogens (primary N) is 1. The number of carbonyl (C=O) groups is 1. The molecule has 0 radical (unpaired) electrons. The molecule has 2 N–H and O–H groups in total. The summed E-state index contributed by atoms with van der Waals surface area (Å²) in [5, 5.41) is 9.30. The first kappa shape index (κ1) is 17.3. The summed E-state index contributed by atoms with van der Waals surface area (Å²) in [5.74, 6) is 1.06. The molecule has 0 bridgehead atoms. The summed E-state index contributed by atoms with van der Waals surface area (Å²) in [4.78, 5) is 17.4. The third kappa shape index (κ3) is 4.12. The van der Waals surface area contributed by atoms with Gasteiger partial charge in [0.2, 0.25) is 23.4 Å². The lowest BCUT2D eigenvalue weighted by Crippen LogP contribution is -2.38. The highest BCUT2D eigenvalue weighted by Crippen LogP contribution is 2.27. The van der Waals surface area contributed by atoms with Crippen molar-refractivity contribution in [3.05, 3.63) is 40.3 Å². The van der Waals surface area contributed by atoms with Crippen LogP contribution in [-0.4, -0.2) is 24.0 Å². The van der Waals surface area contributed by atoms with E-state index in [9.17, 15) is 10.1 Å². The number of aromatic nitrogens is 1. The number of carbonyl (C=O) groups excluding carboxylic acids is 1. The van der Waals surface area contributed by atoms with Gasteiger partial charge in [-0.05, 0) is 37.1 Å². The number of halogens is 1. The quantitative estimate of drug-likeness (QED) is 0.820. The molecule has 1 aromatic heterocycles. The van der Waals surface area contributed by atoms with Gasteiger partial charge in [0.1, 0.15) is 11.8 Å². The van der Waals surface area contributed by atoms with Gasteiger partial charge >= 0.3 is 0 Å². The van der Waals surface area contributed by atoms with Crippen molar-refractivity contribution in [3.63, 3.8) is 0 Å². The smallest absolute Gasteiger partial charge is 0.236 e. The molecular formula is C17H17BrN4O3. The number of primary amides is 1. The fourth-order valence-corrected chi connectivity index (χ4v) is 3.01. The van der Waals surface area contributed by atoms with Crippen LogP contribution in [0.1, 0.15) is 24.4 Å². The second kappa shape index (κ2) is 7.57. The Hall–Kier alpha value is -2.53. The number of oxazole rings is 1. The molecule has 0 aliphatic carbocycles. The molecule has 130 valence electrons. The molecule has 7 nitrogen and oxygen atoms in total. The maximum atomic E-state index is 11.3. The Morgan fingerprint density at radius 1 is 1.40 bits per heavy atom. The molecule has 8 heteroatoms. The number of nitrogens with zero attached hydrogens (tertiary/aromatic N) is 3. The summed E-state index contributed by atoms with van der Waals surface area (Å²) in [6, 6.07) is 9.46. The van der Waals surface area contributed by atoms with Crippen molar-refractivity contribution >= 4 is 27.7 Å². The van der Waals surface area contributed by atoms with Crippen molar-refractivity contribution in [1.29, 1.82) is 5.26 Å². The lowest BCUT2D eigenvalue weighted by molar-refractivity contribution is -0.122. The number of ether oxygens (including phenoxy) is 1. The van der Waals surface area contributed by atoms with Gasteiger partial charge in [-0.3, -0.25) is 4.79 Å². The number of benzene rings is 1. The fourth-order valence-electron chi connectivity index (χ4n) is 2.75. The first-order valence-corrected chi connectivity index (χ1v) is 8.68. The summed E-state index contributed by atoms with van der Waals surface area (Å²) >= 11 is 3.36. The molecule has 1 aromatic carbocycles. The molecule has 1 amide bonds. The van der Waals surface area contributed by atoms with Gasteiger partial charge in [-0.1, -0.05) is 15.9 Å². The minimum absolute atomic E-state index is 0.120. The summed E-state index contributed by atoms with van der Waals surface area (Å²) in [5.41, 5.74) is 5.58. The molecule has 0 unspecified atom stereocenters. The van der Waals surface area contributed by atoms with Crippen LogP contribution in [0, 0.1) is 17.2 Å². The van der Waals surface area contributed by atoms with Crippen LogP contribution < -0.4 is 15.4 Å². The molecule has 0 saturated carbocycles. The van der Waals surface area contributed by atoms with E-state index in [0.717, 1.165) is 4.47 Å². The van der Waals surface area contributed by atoms with E-state index in [1.54, 1.807) is 0 Å². The van der Waals surface area contributed by atoms with Crippen LogP contribution in [0.4, 0.5) is 5.88 Å². The standard InChI is InChI=1S/C17H17BrN4O3/c18-12-1-3-13(4-2-12)24-10-15-21-14(9-19)17(25-15)22-7-5-11(6-8-22)16(20)23/h1-4,11H,5-8,10H2,(H2,20,23). The zero-order valence-electron chi connectivity index (χ0n) is 13.4. The molecule has 0 atom stereocenters. The molecule has 1 fully saturated rings. The van der Waals surface area contributed by atoms with E-state index in [2.05, 4.69) is 27.0 Å². The van der Waals surface area contributed by atoms with Crippen LogP contribution >= 0.6 is 15.9 Å². The van der Waals surface area contributed by atoms with E-state index < -0.39 is 0 Å². The molecule has 1 aliphatic heterocycles. The SMILES string of the molecule is N#Cc1nc(COc2ccc(Br)cc2)oc1N1CCC(C(N)=O)CC1. The van der Waals surface area contributed by atoms with E-state index in [4.69, 9.17) is 14.9 Å². The Labute approximate surface area is 153 Å². The van der Waals surface area contributed by atoms with Crippen LogP contribution in [0.3, 0.4) is 0 Å². The van der Waals surface area contributed by atoms with Gasteiger partial charge in [0, 0.05) is 23.5 Å². The molecule has 1 aliphatic rings. The lowest BCUT2D eigenvalue weighted by atomic mass is 9.96. The molecule has 2 aromatic rings. The largest absolute Gasteiger partial charge is 0.484 e. The summed E-state index contributed by atoms with van der Waals surface area (Å²) in [6.07, 6.45) is 1.29. The van der Waals surface area contributed by atoms with Crippen molar-refractivity contribution in [3.8, 4) is 11.8 Å². The Kier molecular flexibility index (Phi) is 5.24. The first-order valence-electron chi connectivity index (χ1n) is 7.89. The van der Waals surface area contributed by atoms with Gasteiger partial charge in [-0.15, -0.1) is 0 Å². The van der Waals surface area contributed by atoms with Crippen LogP contribution in [0.2, 0.25) is 0 Å². The highest BCUT2D eigenvalue weighted by atomic mass is 79.9. The van der Waals surface area contributed by atoms with Crippen LogP contribution in [0.25, 0.3) is 0 Å². The Balaban J connectivity index is 1.66. The molecule has 3 rings (SSSR count). The predicted molar refractivity (Wildman–Crippen MR) is 93.8 cm³/mol. The molecule has 2 heterocycles. The number of amides is 1. The zero-order chi connectivity index (χ0) is 17.8. The Morgan fingerprint density at radius 2 is 2.08 bits per heavy atom. The second-order valence-corrected chi connectivity index (χ2v) is 6.70. The van der Waals surface area contributed by atoms with Crippen LogP contribution in [-0.2, 0) is 11.4 Å². The zero-order valence-corrected chi connectivity index (χ0v) is 15.0. The van der Waals surface area contributed by atoms with Crippen molar-refractivity contribution in [2.24, 2.45) is 11.7 Å². The fraction of sp³-hybridized carbons (Fsp3) is 0.353. The number of rotatable bonds is 5. The number of hydrogen-bond donors (Lipinski definition) is 1. The van der Waals surface area contributed by atoms with Gasteiger partial charge in [0.25, 0.3) is 0 Å². The maximum Gasteiger partial charge on any atom is 0.236 e. The number of anilines is 1. The summed E-state index contributed by atoms with van der Waals surface area (Å²) in [6.45, 7) is 1.34. The van der Waals surface area contributed by atoms with Gasteiger partial charge < -0.3 is 19.8 Å². The van der Waals surface area contributed by atoms with Crippen molar-refractivity contribution in [2.45, 2.75) is 19.4 Å². The number of hydrogen-bond acceptors (Lipinski definition) is 6. The van der Waals surface area contributed by atoms with Gasteiger partial charge in [-0.2, -0.15) is 10.2 Å². The highest BCUT2D eigenvalue weighted by Gasteiger charge is 2.27. The third-order valence-electron chi connectivity index (χ3n) is 4.12. The third-order valence-corrected chi connectivity index (χ3v) is 4.65. The second-order valence-electron chi connectivity index (χ2n) is 5.78. The molecule has 0 spiro atoms. The monoisotopic (exact) mass is 404 g/mol. The van der Waals surface area contributed by atoms with Crippen molar-refractivity contribution < 1.29 is 13.9 Å². The van der Waals surface area contributed by atoms with Gasteiger partial charge in [0.15, 0.2) is 6.61 Å². The lowest BCUT2D eigenvalue weighted by Gasteiger charge is -2.30. The molecule has 25 heavy (non-hydrogen) atoms. The van der Waals surface area contributed by atoms with Crippen LogP contribution in [0.5, 0.6) is 5.75 Å². The molecular weight excluding hydrogens is 388 g/mol. The topological polar surface area (TPSA) is 105 Å². The van der Waals surface area contributed by atoms with Gasteiger partial charge in [0.05, 0.1) is 0 Å². The minimum atomic E-state index is -0.277. The number of nitriles is 1. The van der Waals surface area contributed by atoms with E-state index in [1.165, 1.54) is 0 Å². The van der Waals surface area contributed by atoms with E-state index >= 15 is 0 Å². The normalized spacial score (nSPS) is 15.0. The Morgan fingerprint density at radius 3 is 2.68 bits per heavy atom. The number of piperidine rings is 1. The summed E-state index contributed by atoms with van der Waals surface area (Å²) in [7, 11) is 0. The molecule has 1 saturated heterocycles. The van der Waals surface area contributed by atoms with E-state index in [0.29, 0.717) is 43.5 Å². The van der Waals surface area contributed by atoms with E-state index in [-0.39, 0.29) is 24.1 Å². The van der Waals surface area contributed by atoms with Crippen molar-refractivity contribution in [1.82, 2.24) is 4.98 Å². The van der Waals surface area contributed by atoms with Crippen molar-refractivity contribution in [2.75, 3.05) is 18.0 Å². The highest BCUT2D eigenvalue weighted by molar-refractivity contribution is 9.10. The summed E-state index contributed by atoms with van der Waals surface area (Å²) < 4.78 is 12.3. The van der Waals surface area contributed by atoms with Crippen LogP contribution in [0.15, 0.2) is 33.2 Å². The first-order chi connectivity index (χ1) is 12.1.